The van der Waals surface area contributed by atoms with Crippen LogP contribution in [0.15, 0.2) is 109 Å². The zero-order chi connectivity index (χ0) is 44.9. The van der Waals surface area contributed by atoms with E-state index in [4.69, 9.17) is 14.2 Å². The molecule has 62 heavy (non-hydrogen) atoms. The Kier molecular flexibility index (Phi) is 49.0. The highest BCUT2D eigenvalue weighted by molar-refractivity contribution is 5.70. The van der Waals surface area contributed by atoms with E-state index in [0.717, 1.165) is 128 Å². The Hall–Kier alpha value is -3.44. The van der Waals surface area contributed by atoms with Crippen LogP contribution in [0.25, 0.3) is 0 Å². The zero-order valence-electron chi connectivity index (χ0n) is 40.3. The molecule has 5 nitrogen and oxygen atoms in total. The maximum Gasteiger partial charge on any atom is 0.306 e. The molecule has 0 bridgehead atoms. The summed E-state index contributed by atoms with van der Waals surface area (Å²) < 4.78 is 17.3. The Morgan fingerprint density at radius 1 is 0.371 bits per heavy atom. The van der Waals surface area contributed by atoms with Gasteiger partial charge < -0.3 is 14.2 Å². The van der Waals surface area contributed by atoms with E-state index in [1.807, 2.05) is 0 Å². The van der Waals surface area contributed by atoms with Crippen molar-refractivity contribution in [1.29, 1.82) is 0 Å². The largest absolute Gasteiger partial charge is 0.462 e. The number of carbonyl (C=O) groups is 2. The van der Waals surface area contributed by atoms with Gasteiger partial charge in [-0.05, 0) is 122 Å². The highest BCUT2D eigenvalue weighted by atomic mass is 16.6. The van der Waals surface area contributed by atoms with E-state index >= 15 is 0 Å². The van der Waals surface area contributed by atoms with Crippen molar-refractivity contribution in [1.82, 2.24) is 0 Å². The van der Waals surface area contributed by atoms with Gasteiger partial charge in [0.15, 0.2) is 6.10 Å². The zero-order valence-corrected chi connectivity index (χ0v) is 40.3. The summed E-state index contributed by atoms with van der Waals surface area (Å²) in [6.07, 6.45) is 70.9. The fourth-order valence-electron chi connectivity index (χ4n) is 6.54. The molecule has 0 aliphatic carbocycles. The summed E-state index contributed by atoms with van der Waals surface area (Å²) in [4.78, 5) is 25.4. The summed E-state index contributed by atoms with van der Waals surface area (Å²) in [5.74, 6) is -0.471. The van der Waals surface area contributed by atoms with Crippen molar-refractivity contribution in [2.75, 3.05) is 19.8 Å². The van der Waals surface area contributed by atoms with Crippen molar-refractivity contribution in [2.45, 2.75) is 219 Å². The predicted octanol–water partition coefficient (Wildman–Crippen LogP) is 17.2. The third kappa shape index (κ3) is 49.2. The summed E-state index contributed by atoms with van der Waals surface area (Å²) in [6, 6.07) is 0. The molecule has 0 N–H and O–H groups in total. The Morgan fingerprint density at radius 3 is 1.18 bits per heavy atom. The first kappa shape index (κ1) is 58.6. The minimum atomic E-state index is -0.574. The van der Waals surface area contributed by atoms with Crippen LogP contribution in [0.5, 0.6) is 0 Å². The van der Waals surface area contributed by atoms with E-state index in [0.29, 0.717) is 19.4 Å². The van der Waals surface area contributed by atoms with Gasteiger partial charge in [0.05, 0.1) is 6.61 Å². The van der Waals surface area contributed by atoms with E-state index < -0.39 is 6.10 Å². The number of rotatable bonds is 45. The van der Waals surface area contributed by atoms with Gasteiger partial charge >= 0.3 is 11.9 Å². The number of hydrogen-bond donors (Lipinski definition) is 0. The van der Waals surface area contributed by atoms with E-state index in [-0.39, 0.29) is 25.2 Å². The molecular formula is C57H94O5. The standard InChI is InChI=1S/C57H94O5/c1-4-7-10-13-16-19-22-25-27-29-30-33-35-38-41-44-47-50-56(58)61-54-55(62-57(59)51-48-45-42-39-36-32-24-21-18-15-12-9-6-3)53-60-52-49-46-43-40-37-34-31-28-26-23-20-17-14-11-8-5-2/h7,9-10,12,16-21,25-28,30,32-33,36,55H,4-6,8,11,13-15,22-24,29,31,34-35,37-54H2,1-3H3/b10-7-,12-9-,19-16-,20-17-,21-18-,27-25-,28-26-,33-30-,36-32-. The topological polar surface area (TPSA) is 61.8 Å². The van der Waals surface area contributed by atoms with Gasteiger partial charge in [-0.1, -0.05) is 188 Å². The lowest BCUT2D eigenvalue weighted by Gasteiger charge is -2.18. The van der Waals surface area contributed by atoms with Crippen LogP contribution in [0.4, 0.5) is 0 Å². The predicted molar refractivity (Wildman–Crippen MR) is 269 cm³/mol. The second-order valence-corrected chi connectivity index (χ2v) is 16.3. The summed E-state index contributed by atoms with van der Waals surface area (Å²) in [5, 5.41) is 0. The number of unbranched alkanes of at least 4 members (excludes halogenated alkanes) is 16. The van der Waals surface area contributed by atoms with Crippen molar-refractivity contribution < 1.29 is 23.8 Å². The summed E-state index contributed by atoms with van der Waals surface area (Å²) >= 11 is 0. The summed E-state index contributed by atoms with van der Waals surface area (Å²) in [6.45, 7) is 7.48. The smallest absolute Gasteiger partial charge is 0.306 e. The first-order valence-electron chi connectivity index (χ1n) is 25.4. The summed E-state index contributed by atoms with van der Waals surface area (Å²) in [5.41, 5.74) is 0. The van der Waals surface area contributed by atoms with Gasteiger partial charge in [-0.3, -0.25) is 9.59 Å². The van der Waals surface area contributed by atoms with Crippen molar-refractivity contribution in [3.05, 3.63) is 109 Å². The molecular weight excluding hydrogens is 765 g/mol. The van der Waals surface area contributed by atoms with Gasteiger partial charge in [0, 0.05) is 19.4 Å². The van der Waals surface area contributed by atoms with Crippen LogP contribution < -0.4 is 0 Å². The highest BCUT2D eigenvalue weighted by Crippen LogP contribution is 2.12. The highest BCUT2D eigenvalue weighted by Gasteiger charge is 2.17. The normalized spacial score (nSPS) is 13.1. The van der Waals surface area contributed by atoms with Crippen LogP contribution >= 0.6 is 0 Å². The third-order valence-corrected chi connectivity index (χ3v) is 10.3. The summed E-state index contributed by atoms with van der Waals surface area (Å²) in [7, 11) is 0. The molecule has 0 rings (SSSR count). The van der Waals surface area contributed by atoms with Gasteiger partial charge in [0.2, 0.25) is 0 Å². The van der Waals surface area contributed by atoms with Crippen molar-refractivity contribution in [3.63, 3.8) is 0 Å². The van der Waals surface area contributed by atoms with E-state index in [1.165, 1.54) is 51.4 Å². The molecule has 0 aromatic carbocycles. The number of allylic oxidation sites excluding steroid dienone is 18. The number of ether oxygens (including phenoxy) is 3. The van der Waals surface area contributed by atoms with Crippen LogP contribution in [0, 0.1) is 0 Å². The second kappa shape index (κ2) is 51.9. The molecule has 0 amide bonds. The van der Waals surface area contributed by atoms with Crippen LogP contribution in [-0.2, 0) is 23.8 Å². The van der Waals surface area contributed by atoms with Crippen molar-refractivity contribution in [3.8, 4) is 0 Å². The number of esters is 2. The lowest BCUT2D eigenvalue weighted by Crippen LogP contribution is -2.30. The van der Waals surface area contributed by atoms with Crippen LogP contribution in [0.1, 0.15) is 213 Å². The molecule has 0 heterocycles. The van der Waals surface area contributed by atoms with E-state index in [9.17, 15) is 9.59 Å². The first-order valence-corrected chi connectivity index (χ1v) is 25.4. The lowest BCUT2D eigenvalue weighted by molar-refractivity contribution is -0.163. The molecule has 0 aliphatic rings. The van der Waals surface area contributed by atoms with Crippen molar-refractivity contribution in [2.24, 2.45) is 0 Å². The minimum absolute atomic E-state index is 0.0498. The third-order valence-electron chi connectivity index (χ3n) is 10.3. The minimum Gasteiger partial charge on any atom is -0.462 e. The average Bonchev–Trinajstić information content (AvgIpc) is 3.27. The lowest BCUT2D eigenvalue weighted by atomic mass is 10.1. The second-order valence-electron chi connectivity index (χ2n) is 16.3. The quantitative estimate of drug-likeness (QED) is 0.0347. The molecule has 0 spiro atoms. The molecule has 5 heteroatoms. The molecule has 0 saturated heterocycles. The molecule has 1 unspecified atom stereocenters. The van der Waals surface area contributed by atoms with E-state index in [2.05, 4.69) is 130 Å². The molecule has 0 aromatic rings. The molecule has 352 valence electrons. The Labute approximate surface area is 383 Å². The SMILES string of the molecule is CC/C=C\C/C=C\C/C=C\C/C=C\CCCCCCC(=O)OCC(COCCCCCCCC/C=C\C/C=C\CCCCC)OC(=O)CCCCC/C=C\C/C=C\C/C=C\CC. The number of carbonyl (C=O) groups excluding carboxylic acids is 2. The molecule has 1 atom stereocenters. The molecule has 0 fully saturated rings. The molecule has 0 radical (unpaired) electrons. The van der Waals surface area contributed by atoms with Gasteiger partial charge in [0.25, 0.3) is 0 Å². The average molecular weight is 859 g/mol. The van der Waals surface area contributed by atoms with Gasteiger partial charge in [-0.25, -0.2) is 0 Å². The van der Waals surface area contributed by atoms with Gasteiger partial charge in [-0.2, -0.15) is 0 Å². The fraction of sp³-hybridized carbons (Fsp3) is 0.649. The molecule has 0 saturated carbocycles. The molecule has 0 aromatic heterocycles. The van der Waals surface area contributed by atoms with Gasteiger partial charge in [0.1, 0.15) is 6.61 Å². The van der Waals surface area contributed by atoms with Crippen LogP contribution in [-0.4, -0.2) is 37.9 Å². The van der Waals surface area contributed by atoms with Gasteiger partial charge in [-0.15, -0.1) is 0 Å². The monoisotopic (exact) mass is 859 g/mol. The first-order chi connectivity index (χ1) is 30.6. The number of hydrogen-bond acceptors (Lipinski definition) is 5. The fourth-order valence-corrected chi connectivity index (χ4v) is 6.54. The maximum atomic E-state index is 12.8. The van der Waals surface area contributed by atoms with Crippen molar-refractivity contribution >= 4 is 11.9 Å². The van der Waals surface area contributed by atoms with Crippen LogP contribution in [0.3, 0.4) is 0 Å². The molecule has 0 aliphatic heterocycles. The Bertz CT molecular complexity index is 1250. The Morgan fingerprint density at radius 2 is 0.726 bits per heavy atom. The maximum absolute atomic E-state index is 12.8. The Balaban J connectivity index is 4.39. The van der Waals surface area contributed by atoms with E-state index in [1.54, 1.807) is 0 Å². The van der Waals surface area contributed by atoms with Crippen LogP contribution in [0.2, 0.25) is 0 Å².